The minimum atomic E-state index is -0.415. The molecule has 8 nitrogen and oxygen atoms in total. The van der Waals surface area contributed by atoms with Crippen LogP contribution in [0.25, 0.3) is 0 Å². The van der Waals surface area contributed by atoms with Crippen LogP contribution in [0.2, 0.25) is 0 Å². The average Bonchev–Trinajstić information content (AvgIpc) is 2.75. The van der Waals surface area contributed by atoms with E-state index in [2.05, 4.69) is 35.1 Å². The van der Waals surface area contributed by atoms with Crippen molar-refractivity contribution >= 4 is 23.4 Å². The Morgan fingerprint density at radius 1 is 0.929 bits per heavy atom. The Balaban J connectivity index is 1.42. The highest BCUT2D eigenvalue weighted by Crippen LogP contribution is 2.17. The van der Waals surface area contributed by atoms with Crippen LogP contribution in [0.15, 0.2) is 55.1 Å². The van der Waals surface area contributed by atoms with Gasteiger partial charge in [-0.05, 0) is 24.3 Å². The maximum absolute atomic E-state index is 13.3. The van der Waals surface area contributed by atoms with Gasteiger partial charge in [0.15, 0.2) is 0 Å². The number of rotatable bonds is 4. The highest BCUT2D eigenvalue weighted by molar-refractivity contribution is 6.03. The number of piperazine rings is 1. The molecule has 1 saturated heterocycles. The molecule has 3 aromatic rings. The molecule has 1 amide bonds. The molecule has 4 rings (SSSR count). The summed E-state index contributed by atoms with van der Waals surface area (Å²) in [4.78, 5) is 33.5. The van der Waals surface area contributed by atoms with Crippen molar-refractivity contribution in [3.8, 4) is 0 Å². The number of carbonyl (C=O) groups is 1. The van der Waals surface area contributed by atoms with Gasteiger partial charge in [-0.25, -0.2) is 24.3 Å². The molecule has 1 fully saturated rings. The third-order valence-corrected chi connectivity index (χ3v) is 4.41. The third-order valence-electron chi connectivity index (χ3n) is 4.41. The molecule has 28 heavy (non-hydrogen) atoms. The molecule has 9 heteroatoms. The fourth-order valence-electron chi connectivity index (χ4n) is 3.00. The molecule has 1 aliphatic rings. The number of carbonyl (C=O) groups excluding carboxylic acids is 1. The van der Waals surface area contributed by atoms with Crippen molar-refractivity contribution in [1.82, 2.24) is 19.9 Å². The lowest BCUT2D eigenvalue weighted by Gasteiger charge is -2.35. The molecule has 3 heterocycles. The van der Waals surface area contributed by atoms with E-state index in [0.29, 0.717) is 17.5 Å². The molecular weight excluding hydrogens is 361 g/mol. The Kier molecular flexibility index (Phi) is 5.05. The van der Waals surface area contributed by atoms with Gasteiger partial charge in [0, 0.05) is 50.3 Å². The number of amides is 1. The number of benzene rings is 1. The Morgan fingerprint density at radius 2 is 1.68 bits per heavy atom. The Morgan fingerprint density at radius 3 is 2.43 bits per heavy atom. The van der Waals surface area contributed by atoms with Gasteiger partial charge in [0.05, 0.1) is 0 Å². The van der Waals surface area contributed by atoms with E-state index in [0.717, 1.165) is 26.2 Å². The zero-order chi connectivity index (χ0) is 19.3. The Labute approximate surface area is 161 Å². The fraction of sp³-hybridized carbons (Fsp3) is 0.211. The second kappa shape index (κ2) is 7.95. The van der Waals surface area contributed by atoms with Crippen molar-refractivity contribution in [3.63, 3.8) is 0 Å². The van der Waals surface area contributed by atoms with Crippen LogP contribution in [0.1, 0.15) is 10.5 Å². The molecule has 0 radical (unpaired) electrons. The van der Waals surface area contributed by atoms with E-state index in [1.54, 1.807) is 30.6 Å². The molecule has 0 aliphatic carbocycles. The molecule has 2 aromatic heterocycles. The maximum Gasteiger partial charge on any atom is 0.274 e. The van der Waals surface area contributed by atoms with Crippen molar-refractivity contribution in [1.29, 1.82) is 0 Å². The van der Waals surface area contributed by atoms with Crippen LogP contribution in [0, 0.1) is 5.82 Å². The number of halogens is 1. The van der Waals surface area contributed by atoms with Gasteiger partial charge in [0.25, 0.3) is 5.91 Å². The summed E-state index contributed by atoms with van der Waals surface area (Å²) in [6.45, 7) is 2.94. The zero-order valence-corrected chi connectivity index (χ0v) is 15.0. The first-order valence-corrected chi connectivity index (χ1v) is 8.85. The van der Waals surface area contributed by atoms with E-state index in [4.69, 9.17) is 0 Å². The lowest BCUT2D eigenvalue weighted by atomic mass is 10.2. The summed E-state index contributed by atoms with van der Waals surface area (Å²) in [6.07, 6.45) is 4.81. The topological polar surface area (TPSA) is 87.1 Å². The number of aromatic nitrogens is 4. The molecular formula is C19H18FN7O. The number of hydrogen-bond acceptors (Lipinski definition) is 7. The second-order valence-electron chi connectivity index (χ2n) is 6.25. The van der Waals surface area contributed by atoms with Gasteiger partial charge in [-0.2, -0.15) is 0 Å². The summed E-state index contributed by atoms with van der Waals surface area (Å²) in [6, 6.07) is 9.16. The molecule has 142 valence electrons. The summed E-state index contributed by atoms with van der Waals surface area (Å²) in [5.41, 5.74) is 0.602. The van der Waals surface area contributed by atoms with Gasteiger partial charge in [0.1, 0.15) is 23.7 Å². The first kappa shape index (κ1) is 17.8. The lowest BCUT2D eigenvalue weighted by molar-refractivity contribution is 0.102. The molecule has 1 aliphatic heterocycles. The number of nitrogens with zero attached hydrogens (tertiary/aromatic N) is 6. The summed E-state index contributed by atoms with van der Waals surface area (Å²) in [5, 5.41) is 2.65. The first-order chi connectivity index (χ1) is 13.7. The van der Waals surface area contributed by atoms with Crippen LogP contribution in [0.3, 0.4) is 0 Å². The molecule has 1 aromatic carbocycles. The minimum Gasteiger partial charge on any atom is -0.353 e. The van der Waals surface area contributed by atoms with Crippen LogP contribution in [-0.4, -0.2) is 52.0 Å². The van der Waals surface area contributed by atoms with E-state index >= 15 is 0 Å². The number of nitrogens with one attached hydrogen (secondary N) is 1. The van der Waals surface area contributed by atoms with Crippen molar-refractivity contribution in [2.45, 2.75) is 0 Å². The minimum absolute atomic E-state index is 0.225. The van der Waals surface area contributed by atoms with Gasteiger partial charge in [-0.3, -0.25) is 4.79 Å². The highest BCUT2D eigenvalue weighted by Gasteiger charge is 2.21. The van der Waals surface area contributed by atoms with Gasteiger partial charge in [-0.15, -0.1) is 0 Å². The molecule has 0 saturated carbocycles. The number of anilines is 3. The molecule has 0 unspecified atom stereocenters. The first-order valence-electron chi connectivity index (χ1n) is 8.85. The molecule has 0 bridgehead atoms. The summed E-state index contributed by atoms with van der Waals surface area (Å²) < 4.78 is 13.3. The van der Waals surface area contributed by atoms with Crippen molar-refractivity contribution in [3.05, 3.63) is 66.6 Å². The van der Waals surface area contributed by atoms with Gasteiger partial charge < -0.3 is 15.1 Å². The fourth-order valence-corrected chi connectivity index (χ4v) is 3.00. The zero-order valence-electron chi connectivity index (χ0n) is 15.0. The lowest BCUT2D eigenvalue weighted by Crippen LogP contribution is -2.47. The monoisotopic (exact) mass is 379 g/mol. The highest BCUT2D eigenvalue weighted by atomic mass is 19.1. The largest absolute Gasteiger partial charge is 0.353 e. The van der Waals surface area contributed by atoms with Crippen LogP contribution < -0.4 is 15.1 Å². The summed E-state index contributed by atoms with van der Waals surface area (Å²) in [7, 11) is 0. The van der Waals surface area contributed by atoms with Crippen LogP contribution in [-0.2, 0) is 0 Å². The second-order valence-corrected chi connectivity index (χ2v) is 6.25. The SMILES string of the molecule is O=C(Nc1cccc(F)c1)c1cc(N2CCN(c3ncccn3)CC2)ncn1. The van der Waals surface area contributed by atoms with Gasteiger partial charge >= 0.3 is 0 Å². The van der Waals surface area contributed by atoms with E-state index < -0.39 is 11.7 Å². The van der Waals surface area contributed by atoms with E-state index in [1.807, 2.05) is 0 Å². The van der Waals surface area contributed by atoms with E-state index in [-0.39, 0.29) is 5.69 Å². The van der Waals surface area contributed by atoms with Crippen molar-refractivity contribution in [2.75, 3.05) is 41.3 Å². The summed E-state index contributed by atoms with van der Waals surface area (Å²) in [5.74, 6) is 0.556. The average molecular weight is 379 g/mol. The predicted molar refractivity (Wildman–Crippen MR) is 103 cm³/mol. The van der Waals surface area contributed by atoms with Crippen LogP contribution in [0.5, 0.6) is 0 Å². The normalized spacial score (nSPS) is 14.0. The van der Waals surface area contributed by atoms with Crippen LogP contribution in [0.4, 0.5) is 21.8 Å². The quantitative estimate of drug-likeness (QED) is 0.742. The number of hydrogen-bond donors (Lipinski definition) is 1. The van der Waals surface area contributed by atoms with E-state index in [9.17, 15) is 9.18 Å². The molecule has 0 atom stereocenters. The maximum atomic E-state index is 13.3. The third kappa shape index (κ3) is 4.03. The molecule has 0 spiro atoms. The summed E-state index contributed by atoms with van der Waals surface area (Å²) >= 11 is 0. The van der Waals surface area contributed by atoms with Crippen LogP contribution >= 0.6 is 0 Å². The predicted octanol–water partition coefficient (Wildman–Crippen LogP) is 1.98. The van der Waals surface area contributed by atoms with Crippen molar-refractivity contribution in [2.24, 2.45) is 0 Å². The Bertz CT molecular complexity index is 961. The smallest absolute Gasteiger partial charge is 0.274 e. The standard InChI is InChI=1S/C19H18FN7O/c20-14-3-1-4-15(11-14)25-18(28)16-12-17(24-13-23-16)26-7-9-27(10-8-26)19-21-5-2-6-22-19/h1-6,11-13H,7-10H2,(H,25,28). The molecule has 1 N–H and O–H groups in total. The van der Waals surface area contributed by atoms with E-state index in [1.165, 1.54) is 24.5 Å². The van der Waals surface area contributed by atoms with Gasteiger partial charge in [-0.1, -0.05) is 6.07 Å². The van der Waals surface area contributed by atoms with Crippen molar-refractivity contribution < 1.29 is 9.18 Å². The Hall–Kier alpha value is -3.62. The van der Waals surface area contributed by atoms with Gasteiger partial charge in [0.2, 0.25) is 5.95 Å².